The average Bonchev–Trinajstić information content (AvgIpc) is 3.17. The molecule has 20 heavy (non-hydrogen) atoms. The molecule has 0 spiro atoms. The van der Waals surface area contributed by atoms with Gasteiger partial charge in [-0.25, -0.2) is 0 Å². The van der Waals surface area contributed by atoms with Gasteiger partial charge in [-0.1, -0.05) is 29.4 Å². The quantitative estimate of drug-likeness (QED) is 0.714. The van der Waals surface area contributed by atoms with Crippen molar-refractivity contribution in [3.63, 3.8) is 0 Å². The zero-order chi connectivity index (χ0) is 13.4. The summed E-state index contributed by atoms with van der Waals surface area (Å²) in [6, 6.07) is 10.0. The van der Waals surface area contributed by atoms with E-state index in [0.717, 1.165) is 29.5 Å². The largest absolute Gasteiger partial charge is 0.381 e. The lowest BCUT2D eigenvalue weighted by molar-refractivity contribution is 0.192. The highest BCUT2D eigenvalue weighted by atomic mass is 16.5. The van der Waals surface area contributed by atoms with Gasteiger partial charge in [0.2, 0.25) is 0 Å². The third-order valence-corrected chi connectivity index (χ3v) is 3.61. The Hall–Kier alpha value is -2.27. The molecule has 3 aromatic rings. The number of pyridine rings is 1. The number of fused-ring (bicyclic) bond motifs is 1. The topological polar surface area (TPSA) is 61.0 Å². The molecule has 3 heterocycles. The molecular formula is C15H13N3O2. The second-order valence-corrected chi connectivity index (χ2v) is 4.90. The fourth-order valence-electron chi connectivity index (χ4n) is 2.53. The molecule has 1 aromatic carbocycles. The summed E-state index contributed by atoms with van der Waals surface area (Å²) in [4.78, 5) is 8.88. The molecule has 0 aliphatic carbocycles. The van der Waals surface area contributed by atoms with E-state index in [0.29, 0.717) is 18.3 Å². The molecule has 5 heteroatoms. The van der Waals surface area contributed by atoms with Crippen LogP contribution < -0.4 is 0 Å². The number of rotatable bonds is 2. The van der Waals surface area contributed by atoms with E-state index in [2.05, 4.69) is 15.1 Å². The number of ether oxygens (including phenoxy) is 1. The fraction of sp³-hybridized carbons (Fsp3) is 0.267. The van der Waals surface area contributed by atoms with Gasteiger partial charge >= 0.3 is 0 Å². The van der Waals surface area contributed by atoms with Crippen molar-refractivity contribution in [2.45, 2.75) is 12.3 Å². The van der Waals surface area contributed by atoms with Crippen LogP contribution in [0.3, 0.4) is 0 Å². The second kappa shape index (κ2) is 4.68. The Bertz CT molecular complexity index is 742. The standard InChI is InChI=1S/C15H13N3O2/c1-2-4-12-10(3-1)5-7-16-13(12)15-17-14(18-20-15)11-6-8-19-9-11/h1-5,7,11H,6,8-9H2. The Morgan fingerprint density at radius 3 is 3.00 bits per heavy atom. The molecule has 2 aromatic heterocycles. The molecule has 1 aliphatic rings. The number of hydrogen-bond donors (Lipinski definition) is 0. The maximum Gasteiger partial charge on any atom is 0.277 e. The van der Waals surface area contributed by atoms with E-state index in [1.807, 2.05) is 30.3 Å². The molecule has 1 atom stereocenters. The van der Waals surface area contributed by atoms with Crippen LogP contribution in [0.25, 0.3) is 22.4 Å². The van der Waals surface area contributed by atoms with Gasteiger partial charge in [0.25, 0.3) is 5.89 Å². The average molecular weight is 267 g/mol. The minimum atomic E-state index is 0.238. The van der Waals surface area contributed by atoms with Gasteiger partial charge in [0.1, 0.15) is 5.69 Å². The minimum absolute atomic E-state index is 0.238. The highest BCUT2D eigenvalue weighted by molar-refractivity contribution is 5.92. The third-order valence-electron chi connectivity index (χ3n) is 3.61. The van der Waals surface area contributed by atoms with E-state index >= 15 is 0 Å². The van der Waals surface area contributed by atoms with Gasteiger partial charge in [-0.3, -0.25) is 4.98 Å². The van der Waals surface area contributed by atoms with E-state index in [1.54, 1.807) is 6.20 Å². The van der Waals surface area contributed by atoms with Gasteiger partial charge in [-0.2, -0.15) is 4.98 Å². The summed E-state index contributed by atoms with van der Waals surface area (Å²) in [5.74, 6) is 1.43. The molecule has 0 amide bonds. The van der Waals surface area contributed by atoms with Crippen molar-refractivity contribution in [2.75, 3.05) is 13.2 Å². The summed E-state index contributed by atoms with van der Waals surface area (Å²) >= 11 is 0. The first-order chi connectivity index (χ1) is 9.92. The first kappa shape index (κ1) is 11.5. The predicted molar refractivity (Wildman–Crippen MR) is 73.2 cm³/mol. The van der Waals surface area contributed by atoms with Crippen LogP contribution in [0.5, 0.6) is 0 Å². The van der Waals surface area contributed by atoms with E-state index in [9.17, 15) is 0 Å². The lowest BCUT2D eigenvalue weighted by atomic mass is 10.1. The number of aromatic nitrogens is 3. The van der Waals surface area contributed by atoms with Gasteiger partial charge < -0.3 is 9.26 Å². The molecule has 1 aliphatic heterocycles. The molecule has 1 saturated heterocycles. The normalized spacial score (nSPS) is 18.7. The Kier molecular flexibility index (Phi) is 2.70. The van der Waals surface area contributed by atoms with Crippen LogP contribution in [-0.4, -0.2) is 28.3 Å². The maximum absolute atomic E-state index is 5.39. The van der Waals surface area contributed by atoms with E-state index in [-0.39, 0.29) is 5.92 Å². The summed E-state index contributed by atoms with van der Waals surface area (Å²) < 4.78 is 10.8. The molecule has 1 unspecified atom stereocenters. The number of hydrogen-bond acceptors (Lipinski definition) is 5. The Morgan fingerprint density at radius 1 is 1.15 bits per heavy atom. The van der Waals surface area contributed by atoms with Gasteiger partial charge in [0.15, 0.2) is 5.82 Å². The fourth-order valence-corrected chi connectivity index (χ4v) is 2.53. The molecule has 100 valence electrons. The lowest BCUT2D eigenvalue weighted by Gasteiger charge is -2.00. The Labute approximate surface area is 115 Å². The molecule has 1 fully saturated rings. The molecular weight excluding hydrogens is 254 g/mol. The summed E-state index contributed by atoms with van der Waals surface area (Å²) in [6.45, 7) is 1.43. The summed E-state index contributed by atoms with van der Waals surface area (Å²) in [5, 5.41) is 6.21. The van der Waals surface area contributed by atoms with Crippen molar-refractivity contribution >= 4 is 10.8 Å². The van der Waals surface area contributed by atoms with Crippen LogP contribution in [0.4, 0.5) is 0 Å². The van der Waals surface area contributed by atoms with E-state index in [1.165, 1.54) is 0 Å². The van der Waals surface area contributed by atoms with Crippen LogP contribution >= 0.6 is 0 Å². The van der Waals surface area contributed by atoms with Crippen molar-refractivity contribution in [1.29, 1.82) is 0 Å². The zero-order valence-corrected chi connectivity index (χ0v) is 10.8. The van der Waals surface area contributed by atoms with Gasteiger partial charge in [0, 0.05) is 24.1 Å². The van der Waals surface area contributed by atoms with Gasteiger partial charge in [-0.05, 0) is 17.9 Å². The van der Waals surface area contributed by atoms with Crippen LogP contribution in [-0.2, 0) is 4.74 Å². The third kappa shape index (κ3) is 1.87. The molecule has 0 bridgehead atoms. The minimum Gasteiger partial charge on any atom is -0.381 e. The highest BCUT2D eigenvalue weighted by Gasteiger charge is 2.24. The van der Waals surface area contributed by atoms with Crippen molar-refractivity contribution in [1.82, 2.24) is 15.1 Å². The highest BCUT2D eigenvalue weighted by Crippen LogP contribution is 2.28. The van der Waals surface area contributed by atoms with Gasteiger partial charge in [-0.15, -0.1) is 0 Å². The SMILES string of the molecule is c1ccc2c(-c3nc(C4CCOC4)no3)nccc2c1. The van der Waals surface area contributed by atoms with Crippen LogP contribution in [0.1, 0.15) is 18.2 Å². The number of nitrogens with zero attached hydrogens (tertiary/aromatic N) is 3. The van der Waals surface area contributed by atoms with Crippen molar-refractivity contribution in [2.24, 2.45) is 0 Å². The number of benzene rings is 1. The van der Waals surface area contributed by atoms with Gasteiger partial charge in [0.05, 0.1) is 6.61 Å². The van der Waals surface area contributed by atoms with Crippen molar-refractivity contribution in [3.8, 4) is 11.6 Å². The summed E-state index contributed by atoms with van der Waals surface area (Å²) in [5.41, 5.74) is 0.737. The van der Waals surface area contributed by atoms with Crippen LogP contribution in [0.15, 0.2) is 41.1 Å². The predicted octanol–water partition coefficient (Wildman–Crippen LogP) is 2.79. The van der Waals surface area contributed by atoms with E-state index in [4.69, 9.17) is 9.26 Å². The van der Waals surface area contributed by atoms with E-state index < -0.39 is 0 Å². The smallest absolute Gasteiger partial charge is 0.277 e. The summed E-state index contributed by atoms with van der Waals surface area (Å²) in [6.07, 6.45) is 2.71. The molecule has 4 rings (SSSR count). The molecule has 0 N–H and O–H groups in total. The Morgan fingerprint density at radius 2 is 2.10 bits per heavy atom. The first-order valence-corrected chi connectivity index (χ1v) is 6.67. The second-order valence-electron chi connectivity index (χ2n) is 4.90. The van der Waals surface area contributed by atoms with Crippen LogP contribution in [0, 0.1) is 0 Å². The lowest BCUT2D eigenvalue weighted by Crippen LogP contribution is -1.99. The van der Waals surface area contributed by atoms with Crippen LogP contribution in [0.2, 0.25) is 0 Å². The monoisotopic (exact) mass is 267 g/mol. The molecule has 5 nitrogen and oxygen atoms in total. The first-order valence-electron chi connectivity index (χ1n) is 6.67. The van der Waals surface area contributed by atoms with Crippen molar-refractivity contribution in [3.05, 3.63) is 42.4 Å². The van der Waals surface area contributed by atoms with Crippen molar-refractivity contribution < 1.29 is 9.26 Å². The summed E-state index contributed by atoms with van der Waals surface area (Å²) in [7, 11) is 0. The Balaban J connectivity index is 1.79. The zero-order valence-electron chi connectivity index (χ0n) is 10.8. The molecule has 0 radical (unpaired) electrons. The molecule has 0 saturated carbocycles. The maximum atomic E-state index is 5.39.